The first-order chi connectivity index (χ1) is 16.9. The van der Waals surface area contributed by atoms with Gasteiger partial charge in [-0.05, 0) is 47.4 Å². The van der Waals surface area contributed by atoms with Crippen LogP contribution in [0.3, 0.4) is 0 Å². The molecule has 182 valence electrons. The van der Waals surface area contributed by atoms with Gasteiger partial charge in [0, 0.05) is 12.5 Å². The van der Waals surface area contributed by atoms with Gasteiger partial charge in [0.15, 0.2) is 0 Å². The molecule has 9 nitrogen and oxygen atoms in total. The van der Waals surface area contributed by atoms with Crippen LogP contribution in [0.25, 0.3) is 11.1 Å². The molecule has 2 unspecified atom stereocenters. The number of likely N-dealkylation sites (tertiary alicyclic amines) is 1. The largest absolute Gasteiger partial charge is 0.479 e. The normalized spacial score (nSPS) is 21.8. The van der Waals surface area contributed by atoms with Crippen molar-refractivity contribution in [1.82, 2.24) is 15.5 Å². The zero-order chi connectivity index (χ0) is 24.6. The highest BCUT2D eigenvalue weighted by atomic mass is 16.5. The second kappa shape index (κ2) is 9.05. The zero-order valence-corrected chi connectivity index (χ0v) is 19.2. The predicted molar refractivity (Wildman–Crippen MR) is 126 cm³/mol. The number of amides is 3. The molecule has 0 radical (unpaired) electrons. The van der Waals surface area contributed by atoms with E-state index in [9.17, 15) is 24.3 Å². The first-order valence-corrected chi connectivity index (χ1v) is 11.8. The van der Waals surface area contributed by atoms with Crippen LogP contribution in [-0.4, -0.2) is 65.7 Å². The molecule has 0 aromatic heterocycles. The molecule has 2 fully saturated rings. The minimum Gasteiger partial charge on any atom is -0.479 e. The molecule has 1 saturated carbocycles. The number of hydrogen-bond acceptors (Lipinski definition) is 5. The number of rotatable bonds is 7. The second-order valence-corrected chi connectivity index (χ2v) is 9.27. The molecule has 0 bridgehead atoms. The topological polar surface area (TPSA) is 125 Å². The van der Waals surface area contributed by atoms with Crippen molar-refractivity contribution in [2.75, 3.05) is 26.2 Å². The van der Waals surface area contributed by atoms with Gasteiger partial charge in [0.1, 0.15) is 18.7 Å². The van der Waals surface area contributed by atoms with E-state index >= 15 is 0 Å². The van der Waals surface area contributed by atoms with Gasteiger partial charge in [0.25, 0.3) is 0 Å². The van der Waals surface area contributed by atoms with Gasteiger partial charge in [-0.2, -0.15) is 0 Å². The Morgan fingerprint density at radius 2 is 1.63 bits per heavy atom. The van der Waals surface area contributed by atoms with Gasteiger partial charge in [0.2, 0.25) is 11.8 Å². The summed E-state index contributed by atoms with van der Waals surface area (Å²) in [5.41, 5.74) is 3.31. The lowest BCUT2D eigenvalue weighted by Crippen LogP contribution is -2.54. The Morgan fingerprint density at radius 3 is 2.29 bits per heavy atom. The van der Waals surface area contributed by atoms with E-state index in [1.807, 2.05) is 48.5 Å². The number of carbonyl (C=O) groups is 4. The highest BCUT2D eigenvalue weighted by molar-refractivity contribution is 5.93. The van der Waals surface area contributed by atoms with Crippen molar-refractivity contribution in [2.45, 2.75) is 30.7 Å². The summed E-state index contributed by atoms with van der Waals surface area (Å²) in [5.74, 6) is -2.07. The zero-order valence-electron chi connectivity index (χ0n) is 19.2. The van der Waals surface area contributed by atoms with Gasteiger partial charge in [-0.1, -0.05) is 48.5 Å². The fraction of sp³-hybridized carbons (Fsp3) is 0.385. The van der Waals surface area contributed by atoms with E-state index in [2.05, 4.69) is 10.6 Å². The SMILES string of the molecule is O=C(CNC(=O)OCC1c2ccccc2-c2ccccc21)NCC(=O)N1CCCC2CC21C(=O)O. The van der Waals surface area contributed by atoms with Gasteiger partial charge < -0.3 is 25.4 Å². The van der Waals surface area contributed by atoms with Crippen molar-refractivity contribution in [2.24, 2.45) is 5.92 Å². The fourth-order valence-electron chi connectivity index (χ4n) is 5.54. The lowest BCUT2D eigenvalue weighted by molar-refractivity contribution is -0.154. The molecule has 2 aromatic rings. The van der Waals surface area contributed by atoms with Crippen molar-refractivity contribution >= 4 is 23.9 Å². The number of alkyl carbamates (subject to hydrolysis) is 1. The van der Waals surface area contributed by atoms with Gasteiger partial charge in [-0.15, -0.1) is 0 Å². The summed E-state index contributed by atoms with van der Waals surface area (Å²) < 4.78 is 5.40. The number of benzene rings is 2. The molecular formula is C26H27N3O6. The minimum absolute atomic E-state index is 0.0105. The molecule has 1 heterocycles. The average Bonchev–Trinajstić information content (AvgIpc) is 3.55. The number of carbonyl (C=O) groups excluding carboxylic acids is 3. The standard InChI is InChI=1S/C26H27N3O6/c30-22(27-14-23(31)29-11-5-6-16-12-26(16,29)24(32)33)13-28-25(34)35-15-21-19-9-3-1-7-17(19)18-8-2-4-10-20(18)21/h1-4,7-10,16,21H,5-6,11-15H2,(H,27,30)(H,28,34)(H,32,33). The maximum atomic E-state index is 12.6. The number of fused-ring (bicyclic) bond motifs is 4. The van der Waals surface area contributed by atoms with Crippen molar-refractivity contribution in [3.63, 3.8) is 0 Å². The number of nitrogens with zero attached hydrogens (tertiary/aromatic N) is 1. The minimum atomic E-state index is -1.11. The molecule has 2 aromatic carbocycles. The quantitative estimate of drug-likeness (QED) is 0.561. The third-order valence-corrected chi connectivity index (χ3v) is 7.33. The molecule has 35 heavy (non-hydrogen) atoms. The molecule has 3 N–H and O–H groups in total. The maximum Gasteiger partial charge on any atom is 0.407 e. The number of carboxylic acid groups (broad SMARTS) is 1. The number of carboxylic acids is 1. The van der Waals surface area contributed by atoms with Crippen LogP contribution in [-0.2, 0) is 19.1 Å². The monoisotopic (exact) mass is 477 g/mol. The van der Waals surface area contributed by atoms with Gasteiger partial charge in [-0.25, -0.2) is 9.59 Å². The van der Waals surface area contributed by atoms with Crippen LogP contribution in [0, 0.1) is 5.92 Å². The van der Waals surface area contributed by atoms with Crippen LogP contribution in [0.2, 0.25) is 0 Å². The molecule has 1 saturated heterocycles. The lowest BCUT2D eigenvalue weighted by Gasteiger charge is -2.33. The fourth-order valence-corrected chi connectivity index (χ4v) is 5.54. The van der Waals surface area contributed by atoms with E-state index in [0.717, 1.165) is 35.1 Å². The smallest absolute Gasteiger partial charge is 0.407 e. The Kier molecular flexibility index (Phi) is 5.92. The molecule has 9 heteroatoms. The molecule has 3 amide bonds. The molecule has 2 aliphatic carbocycles. The van der Waals surface area contributed by atoms with E-state index in [4.69, 9.17) is 4.74 Å². The number of hydrogen-bond donors (Lipinski definition) is 3. The van der Waals surface area contributed by atoms with Crippen molar-refractivity contribution in [3.05, 3.63) is 59.7 Å². The van der Waals surface area contributed by atoms with Gasteiger partial charge >= 0.3 is 12.1 Å². The highest BCUT2D eigenvalue weighted by Gasteiger charge is 2.66. The molecular weight excluding hydrogens is 450 g/mol. The summed E-state index contributed by atoms with van der Waals surface area (Å²) in [4.78, 5) is 50.0. The summed E-state index contributed by atoms with van der Waals surface area (Å²) in [6.07, 6.45) is 1.29. The number of nitrogens with one attached hydrogen (secondary N) is 2. The molecule has 3 aliphatic rings. The third-order valence-electron chi connectivity index (χ3n) is 7.33. The van der Waals surface area contributed by atoms with Crippen LogP contribution in [0.15, 0.2) is 48.5 Å². The lowest BCUT2D eigenvalue weighted by atomic mass is 9.98. The van der Waals surface area contributed by atoms with Gasteiger partial charge in [0.05, 0.1) is 6.54 Å². The summed E-state index contributed by atoms with van der Waals surface area (Å²) in [6, 6.07) is 16.0. The summed E-state index contributed by atoms with van der Waals surface area (Å²) in [6.45, 7) is -0.160. The van der Waals surface area contributed by atoms with Gasteiger partial charge in [-0.3, -0.25) is 9.59 Å². The van der Waals surface area contributed by atoms with Crippen LogP contribution in [0.4, 0.5) is 4.79 Å². The van der Waals surface area contributed by atoms with E-state index in [1.54, 1.807) is 0 Å². The number of piperidine rings is 1. The Labute approximate surface area is 202 Å². The van der Waals surface area contributed by atoms with E-state index in [0.29, 0.717) is 13.0 Å². The second-order valence-electron chi connectivity index (χ2n) is 9.27. The van der Waals surface area contributed by atoms with Crippen LogP contribution < -0.4 is 10.6 Å². The van der Waals surface area contributed by atoms with E-state index in [-0.39, 0.29) is 31.5 Å². The Hall–Kier alpha value is -3.88. The van der Waals surface area contributed by atoms with Crippen molar-refractivity contribution in [3.8, 4) is 11.1 Å². The highest BCUT2D eigenvalue weighted by Crippen LogP contribution is 2.54. The van der Waals surface area contributed by atoms with Crippen LogP contribution in [0.1, 0.15) is 36.3 Å². The van der Waals surface area contributed by atoms with E-state index < -0.39 is 29.4 Å². The molecule has 5 rings (SSSR count). The molecule has 2 atom stereocenters. The first-order valence-electron chi connectivity index (χ1n) is 11.8. The summed E-state index contributed by atoms with van der Waals surface area (Å²) >= 11 is 0. The van der Waals surface area contributed by atoms with E-state index in [1.165, 1.54) is 4.90 Å². The average molecular weight is 478 g/mol. The Morgan fingerprint density at radius 1 is 0.971 bits per heavy atom. The Bertz CT molecular complexity index is 1150. The molecule has 1 aliphatic heterocycles. The maximum absolute atomic E-state index is 12.6. The Balaban J connectivity index is 1.09. The van der Waals surface area contributed by atoms with Crippen LogP contribution in [0.5, 0.6) is 0 Å². The number of ether oxygens (including phenoxy) is 1. The third kappa shape index (κ3) is 4.11. The van der Waals surface area contributed by atoms with Crippen molar-refractivity contribution < 1.29 is 29.0 Å². The first kappa shape index (κ1) is 22.9. The summed E-state index contributed by atoms with van der Waals surface area (Å²) in [7, 11) is 0. The predicted octanol–water partition coefficient (Wildman–Crippen LogP) is 2.11. The summed E-state index contributed by atoms with van der Waals surface area (Å²) in [5, 5.41) is 14.4. The van der Waals surface area contributed by atoms with Crippen LogP contribution >= 0.6 is 0 Å². The van der Waals surface area contributed by atoms with Crippen molar-refractivity contribution in [1.29, 1.82) is 0 Å². The molecule has 0 spiro atoms. The number of aliphatic carboxylic acids is 1.